The molecule has 1 N–H and O–H groups in total. The third kappa shape index (κ3) is 3.72. The van der Waals surface area contributed by atoms with E-state index in [1.807, 2.05) is 17.0 Å². The molecule has 0 saturated carbocycles. The van der Waals surface area contributed by atoms with Crippen molar-refractivity contribution in [3.05, 3.63) is 70.9 Å². The summed E-state index contributed by atoms with van der Waals surface area (Å²) in [7, 11) is 1.65. The zero-order valence-corrected chi connectivity index (χ0v) is 19.5. The average molecular weight is 446 g/mol. The van der Waals surface area contributed by atoms with Crippen molar-refractivity contribution < 1.29 is 14.3 Å². The molecule has 2 aliphatic rings. The van der Waals surface area contributed by atoms with Crippen LogP contribution in [-0.2, 0) is 20.7 Å². The van der Waals surface area contributed by atoms with E-state index in [0.717, 1.165) is 34.1 Å². The highest BCUT2D eigenvalue weighted by Gasteiger charge is 2.48. The van der Waals surface area contributed by atoms with E-state index < -0.39 is 6.04 Å². The summed E-state index contributed by atoms with van der Waals surface area (Å²) in [6.45, 7) is 5.58. The van der Waals surface area contributed by atoms with E-state index >= 15 is 0 Å². The number of aromatic amines is 1. The number of nitrogens with one attached hydrogen (secondary N) is 1. The van der Waals surface area contributed by atoms with Crippen molar-refractivity contribution in [3.8, 4) is 0 Å². The molecule has 1 saturated heterocycles. The molecule has 0 bridgehead atoms. The normalized spacial score (nSPS) is 20.5. The van der Waals surface area contributed by atoms with Crippen molar-refractivity contribution in [2.45, 2.75) is 44.7 Å². The van der Waals surface area contributed by atoms with Gasteiger partial charge in [-0.3, -0.25) is 9.59 Å². The van der Waals surface area contributed by atoms with E-state index in [2.05, 4.69) is 55.2 Å². The molecule has 2 aliphatic heterocycles. The Labute approximate surface area is 194 Å². The molecule has 5 rings (SSSR count). The maximum Gasteiger partial charge on any atom is 0.246 e. The van der Waals surface area contributed by atoms with Gasteiger partial charge in [-0.05, 0) is 35.1 Å². The molecule has 0 radical (unpaired) electrons. The minimum Gasteiger partial charge on any atom is -0.385 e. The molecule has 172 valence electrons. The summed E-state index contributed by atoms with van der Waals surface area (Å²) in [5.41, 5.74) is 5.51. The Morgan fingerprint density at radius 3 is 2.58 bits per heavy atom. The number of piperazine rings is 1. The highest BCUT2D eigenvalue weighted by Crippen LogP contribution is 2.42. The fourth-order valence-electron chi connectivity index (χ4n) is 5.32. The summed E-state index contributed by atoms with van der Waals surface area (Å²) in [6, 6.07) is 15.9. The van der Waals surface area contributed by atoms with Crippen molar-refractivity contribution in [2.75, 3.05) is 26.8 Å². The lowest BCUT2D eigenvalue weighted by molar-refractivity contribution is -0.158. The SMILES string of the molecule is COCCCN1CC(=O)N2C(Cc3c([nH]c4ccccc34)C2c2ccc(C(C)C)cc2)C1=O. The van der Waals surface area contributed by atoms with Crippen LogP contribution in [0.1, 0.15) is 54.6 Å². The number of H-pyrrole nitrogens is 1. The van der Waals surface area contributed by atoms with Gasteiger partial charge in [0.1, 0.15) is 6.04 Å². The fourth-order valence-corrected chi connectivity index (χ4v) is 5.32. The average Bonchev–Trinajstić information content (AvgIpc) is 3.19. The van der Waals surface area contributed by atoms with Crippen LogP contribution >= 0.6 is 0 Å². The monoisotopic (exact) mass is 445 g/mol. The second-order valence-electron chi connectivity index (χ2n) is 9.41. The van der Waals surface area contributed by atoms with E-state index in [1.165, 1.54) is 5.56 Å². The van der Waals surface area contributed by atoms with Crippen LogP contribution in [0.25, 0.3) is 10.9 Å². The molecule has 2 aromatic carbocycles. The number of nitrogens with zero attached hydrogens (tertiary/aromatic N) is 2. The minimum absolute atomic E-state index is 0.000686. The van der Waals surface area contributed by atoms with Crippen molar-refractivity contribution in [1.29, 1.82) is 0 Å². The predicted molar refractivity (Wildman–Crippen MR) is 128 cm³/mol. The van der Waals surface area contributed by atoms with Gasteiger partial charge in [-0.15, -0.1) is 0 Å². The van der Waals surface area contributed by atoms with E-state index in [0.29, 0.717) is 25.5 Å². The minimum atomic E-state index is -0.490. The van der Waals surface area contributed by atoms with Crippen LogP contribution in [0.5, 0.6) is 0 Å². The Morgan fingerprint density at radius 2 is 1.85 bits per heavy atom. The Hall–Kier alpha value is -3.12. The second-order valence-corrected chi connectivity index (χ2v) is 9.41. The number of rotatable bonds is 6. The van der Waals surface area contributed by atoms with Gasteiger partial charge in [0, 0.05) is 43.3 Å². The van der Waals surface area contributed by atoms with E-state index in [4.69, 9.17) is 4.74 Å². The zero-order valence-electron chi connectivity index (χ0n) is 19.5. The van der Waals surface area contributed by atoms with Crippen molar-refractivity contribution in [1.82, 2.24) is 14.8 Å². The molecule has 2 amide bonds. The number of aromatic nitrogens is 1. The molecule has 6 heteroatoms. The van der Waals surface area contributed by atoms with Gasteiger partial charge in [0.15, 0.2) is 0 Å². The Kier molecular flexibility index (Phi) is 5.71. The maximum absolute atomic E-state index is 13.6. The first-order valence-electron chi connectivity index (χ1n) is 11.8. The molecular weight excluding hydrogens is 414 g/mol. The largest absolute Gasteiger partial charge is 0.385 e. The number of fused-ring (bicyclic) bond motifs is 4. The van der Waals surface area contributed by atoms with Crippen molar-refractivity contribution >= 4 is 22.7 Å². The van der Waals surface area contributed by atoms with Crippen LogP contribution in [0.2, 0.25) is 0 Å². The number of amides is 2. The van der Waals surface area contributed by atoms with Gasteiger partial charge in [-0.2, -0.15) is 0 Å². The topological polar surface area (TPSA) is 65.6 Å². The number of methoxy groups -OCH3 is 1. The number of hydrogen-bond acceptors (Lipinski definition) is 3. The second kappa shape index (κ2) is 8.67. The molecule has 1 fully saturated rings. The smallest absolute Gasteiger partial charge is 0.246 e. The number of benzene rings is 2. The highest BCUT2D eigenvalue weighted by atomic mass is 16.5. The number of hydrogen-bond donors (Lipinski definition) is 1. The van der Waals surface area contributed by atoms with Gasteiger partial charge >= 0.3 is 0 Å². The first kappa shape index (κ1) is 21.7. The third-order valence-corrected chi connectivity index (χ3v) is 7.04. The van der Waals surface area contributed by atoms with Crippen molar-refractivity contribution in [3.63, 3.8) is 0 Å². The molecule has 6 nitrogen and oxygen atoms in total. The molecule has 0 spiro atoms. The van der Waals surface area contributed by atoms with Crippen LogP contribution in [-0.4, -0.2) is 59.4 Å². The first-order valence-corrected chi connectivity index (χ1v) is 11.8. The number of ether oxygens (including phenoxy) is 1. The van der Waals surface area contributed by atoms with Gasteiger partial charge < -0.3 is 19.5 Å². The van der Waals surface area contributed by atoms with Crippen LogP contribution in [0.3, 0.4) is 0 Å². The molecule has 2 unspecified atom stereocenters. The van der Waals surface area contributed by atoms with Crippen molar-refractivity contribution in [2.24, 2.45) is 0 Å². The van der Waals surface area contributed by atoms with Gasteiger partial charge in [0.25, 0.3) is 0 Å². The summed E-state index contributed by atoms with van der Waals surface area (Å²) in [5.74, 6) is 0.463. The molecule has 33 heavy (non-hydrogen) atoms. The van der Waals surface area contributed by atoms with E-state index in [9.17, 15) is 9.59 Å². The predicted octanol–water partition coefficient (Wildman–Crippen LogP) is 4.01. The fraction of sp³-hybridized carbons (Fsp3) is 0.407. The van der Waals surface area contributed by atoms with Gasteiger partial charge in [-0.1, -0.05) is 56.3 Å². The summed E-state index contributed by atoms with van der Waals surface area (Å²) in [5, 5.41) is 1.13. The maximum atomic E-state index is 13.6. The number of carbonyl (C=O) groups is 2. The lowest BCUT2D eigenvalue weighted by Gasteiger charge is -2.47. The number of para-hydroxylation sites is 1. The molecule has 2 atom stereocenters. The summed E-state index contributed by atoms with van der Waals surface area (Å²) >= 11 is 0. The highest BCUT2D eigenvalue weighted by molar-refractivity contribution is 5.97. The summed E-state index contributed by atoms with van der Waals surface area (Å²) in [4.78, 5) is 34.2. The Balaban J connectivity index is 1.60. The molecular formula is C27H31N3O3. The lowest BCUT2D eigenvalue weighted by atomic mass is 9.85. The van der Waals surface area contributed by atoms with Gasteiger partial charge in [0.05, 0.1) is 12.6 Å². The van der Waals surface area contributed by atoms with E-state index in [-0.39, 0.29) is 24.4 Å². The number of carbonyl (C=O) groups excluding carboxylic acids is 2. The standard InChI is InChI=1S/C27H31N3O3/c1-17(2)18-9-11-19(12-10-18)26-25-21(20-7-4-5-8-22(20)28-25)15-23-27(32)29(13-6-14-33-3)16-24(31)30(23)26/h4-5,7-12,17,23,26,28H,6,13-16H2,1-3H3. The Morgan fingerprint density at radius 1 is 1.09 bits per heavy atom. The third-order valence-electron chi connectivity index (χ3n) is 7.04. The molecule has 3 heterocycles. The molecule has 3 aromatic rings. The first-order chi connectivity index (χ1) is 16.0. The Bertz CT molecular complexity index is 1180. The lowest BCUT2D eigenvalue weighted by Crippen LogP contribution is -2.63. The van der Waals surface area contributed by atoms with Crippen LogP contribution < -0.4 is 0 Å². The summed E-state index contributed by atoms with van der Waals surface area (Å²) in [6.07, 6.45) is 1.26. The van der Waals surface area contributed by atoms with Crippen LogP contribution in [0.4, 0.5) is 0 Å². The summed E-state index contributed by atoms with van der Waals surface area (Å²) < 4.78 is 5.15. The molecule has 0 aliphatic carbocycles. The van der Waals surface area contributed by atoms with Gasteiger partial charge in [0.2, 0.25) is 11.8 Å². The van der Waals surface area contributed by atoms with Gasteiger partial charge in [-0.25, -0.2) is 0 Å². The zero-order chi connectivity index (χ0) is 23.1. The van der Waals surface area contributed by atoms with E-state index in [1.54, 1.807) is 12.0 Å². The molecule has 1 aromatic heterocycles. The van der Waals surface area contributed by atoms with Crippen LogP contribution in [0.15, 0.2) is 48.5 Å². The quantitative estimate of drug-likeness (QED) is 0.583. The van der Waals surface area contributed by atoms with Crippen LogP contribution in [0, 0.1) is 0 Å².